The number of aliphatic hydroxyl groups is 1. The van der Waals surface area contributed by atoms with Gasteiger partial charge in [-0.25, -0.2) is 0 Å². The molecule has 0 fully saturated rings. The molecule has 2 heterocycles. The number of benzene rings is 2. The molecule has 1 aliphatic heterocycles. The first kappa shape index (κ1) is 17.9. The van der Waals surface area contributed by atoms with Gasteiger partial charge in [-0.15, -0.1) is 0 Å². The highest BCUT2D eigenvalue weighted by atomic mass is 32.2. The Morgan fingerprint density at radius 2 is 2.04 bits per heavy atom. The second kappa shape index (κ2) is 7.62. The molecule has 0 aliphatic carbocycles. The summed E-state index contributed by atoms with van der Waals surface area (Å²) in [5.41, 5.74) is 3.64. The number of thioether (sulfide) groups is 1. The van der Waals surface area contributed by atoms with Crippen molar-refractivity contribution in [3.8, 4) is 5.75 Å². The van der Waals surface area contributed by atoms with Gasteiger partial charge >= 0.3 is 0 Å². The van der Waals surface area contributed by atoms with Crippen LogP contribution in [0.25, 0.3) is 17.0 Å². The summed E-state index contributed by atoms with van der Waals surface area (Å²) in [4.78, 5) is 3.38. The molecule has 0 unspecified atom stereocenters. The predicted molar refractivity (Wildman–Crippen MR) is 111 cm³/mol. The summed E-state index contributed by atoms with van der Waals surface area (Å²) in [5, 5.41) is 11.4. The monoisotopic (exact) mass is 379 g/mol. The molecule has 3 aromatic rings. The van der Waals surface area contributed by atoms with Gasteiger partial charge in [0.25, 0.3) is 0 Å². The number of aryl methyl sites for hydroxylation is 1. The number of rotatable bonds is 5. The summed E-state index contributed by atoms with van der Waals surface area (Å²) in [6, 6.07) is 16.8. The molecule has 5 heteroatoms. The van der Waals surface area contributed by atoms with Gasteiger partial charge in [-0.1, -0.05) is 23.9 Å². The molecule has 1 aliphatic rings. The molecule has 2 aromatic carbocycles. The van der Waals surface area contributed by atoms with Crippen LogP contribution in [0.5, 0.6) is 5.75 Å². The fraction of sp³-hybridized carbons (Fsp3) is 0.227. The third-order valence-corrected chi connectivity index (χ3v) is 5.92. The highest BCUT2D eigenvalue weighted by molar-refractivity contribution is 8.03. The molecule has 0 atom stereocenters. The lowest BCUT2D eigenvalue weighted by Gasteiger charge is -2.14. The van der Waals surface area contributed by atoms with Crippen LogP contribution in [0.1, 0.15) is 12.5 Å². The minimum absolute atomic E-state index is 0.0219. The van der Waals surface area contributed by atoms with Crippen molar-refractivity contribution in [1.82, 2.24) is 0 Å². The Bertz CT molecular complexity index is 1020. The summed E-state index contributed by atoms with van der Waals surface area (Å²) in [6.07, 6.45) is 4.41. The van der Waals surface area contributed by atoms with Gasteiger partial charge in [0.05, 0.1) is 22.7 Å². The van der Waals surface area contributed by atoms with Crippen molar-refractivity contribution in [3.63, 3.8) is 0 Å². The molecular formula is C22H23N2O2S+. The smallest absolute Gasteiger partial charge is 0.213 e. The Morgan fingerprint density at radius 3 is 2.85 bits per heavy atom. The summed E-state index contributed by atoms with van der Waals surface area (Å²) in [6.45, 7) is 3.45. The SMILES string of the molecule is CC[n+]1ccc(/C=C2\Sc3cc(OCCO)ccc3N2C)c2ccccc21. The van der Waals surface area contributed by atoms with E-state index in [-0.39, 0.29) is 6.61 Å². The van der Waals surface area contributed by atoms with Gasteiger partial charge in [0.15, 0.2) is 6.20 Å². The minimum Gasteiger partial charge on any atom is -0.491 e. The molecule has 4 rings (SSSR count). The number of hydrogen-bond donors (Lipinski definition) is 1. The summed E-state index contributed by atoms with van der Waals surface area (Å²) in [7, 11) is 2.09. The average molecular weight is 380 g/mol. The van der Waals surface area contributed by atoms with Crippen LogP contribution in [0.15, 0.2) is 64.7 Å². The molecule has 1 N–H and O–H groups in total. The van der Waals surface area contributed by atoms with E-state index < -0.39 is 0 Å². The fourth-order valence-corrected chi connectivity index (χ4v) is 4.51. The van der Waals surface area contributed by atoms with Crippen LogP contribution in [0.3, 0.4) is 0 Å². The summed E-state index contributed by atoms with van der Waals surface area (Å²) in [5.74, 6) is 0.791. The Hall–Kier alpha value is -2.50. The Balaban J connectivity index is 1.70. The quantitative estimate of drug-likeness (QED) is 0.679. The minimum atomic E-state index is 0.0219. The topological polar surface area (TPSA) is 36.6 Å². The first-order valence-corrected chi connectivity index (χ1v) is 9.95. The second-order valence-corrected chi connectivity index (χ2v) is 7.48. The lowest BCUT2D eigenvalue weighted by Crippen LogP contribution is -2.32. The highest BCUT2D eigenvalue weighted by Crippen LogP contribution is 2.47. The number of para-hydroxylation sites is 1. The van der Waals surface area contributed by atoms with E-state index >= 15 is 0 Å². The number of hydrogen-bond acceptors (Lipinski definition) is 4. The Labute approximate surface area is 163 Å². The van der Waals surface area contributed by atoms with Gasteiger partial charge in [-0.05, 0) is 42.8 Å². The number of ether oxygens (including phenoxy) is 1. The number of aromatic nitrogens is 1. The molecule has 0 spiro atoms. The molecule has 0 bridgehead atoms. The first-order valence-electron chi connectivity index (χ1n) is 9.13. The third-order valence-electron chi connectivity index (χ3n) is 4.78. The molecule has 138 valence electrons. The van der Waals surface area contributed by atoms with E-state index in [1.54, 1.807) is 11.8 Å². The van der Waals surface area contributed by atoms with Crippen molar-refractivity contribution in [3.05, 3.63) is 65.3 Å². The van der Waals surface area contributed by atoms with Crippen LogP contribution in [0.4, 0.5) is 5.69 Å². The van der Waals surface area contributed by atoms with E-state index in [9.17, 15) is 0 Å². The van der Waals surface area contributed by atoms with Crippen molar-refractivity contribution in [1.29, 1.82) is 0 Å². The number of anilines is 1. The zero-order valence-corrected chi connectivity index (χ0v) is 16.4. The van der Waals surface area contributed by atoms with E-state index in [4.69, 9.17) is 9.84 Å². The molecular weight excluding hydrogens is 356 g/mol. The van der Waals surface area contributed by atoms with Gasteiger partial charge in [-0.3, -0.25) is 0 Å². The van der Waals surface area contributed by atoms with Crippen LogP contribution in [-0.4, -0.2) is 25.4 Å². The van der Waals surface area contributed by atoms with Gasteiger partial charge in [0.1, 0.15) is 18.9 Å². The maximum atomic E-state index is 8.94. The fourth-order valence-electron chi connectivity index (χ4n) is 3.38. The van der Waals surface area contributed by atoms with Crippen LogP contribution in [-0.2, 0) is 6.54 Å². The first-order chi connectivity index (χ1) is 13.2. The van der Waals surface area contributed by atoms with Gasteiger partial charge in [-0.2, -0.15) is 4.57 Å². The Morgan fingerprint density at radius 1 is 1.19 bits per heavy atom. The molecule has 4 nitrogen and oxygen atoms in total. The average Bonchev–Trinajstić information content (AvgIpc) is 3.01. The van der Waals surface area contributed by atoms with E-state index in [1.165, 1.54) is 32.1 Å². The van der Waals surface area contributed by atoms with Crippen molar-refractivity contribution in [2.45, 2.75) is 18.4 Å². The lowest BCUT2D eigenvalue weighted by molar-refractivity contribution is -0.667. The van der Waals surface area contributed by atoms with Crippen molar-refractivity contribution >= 4 is 34.4 Å². The van der Waals surface area contributed by atoms with Crippen LogP contribution in [0.2, 0.25) is 0 Å². The number of fused-ring (bicyclic) bond motifs is 2. The van der Waals surface area contributed by atoms with E-state index in [1.807, 2.05) is 12.1 Å². The van der Waals surface area contributed by atoms with Gasteiger partial charge in [0, 0.05) is 24.1 Å². The van der Waals surface area contributed by atoms with Crippen LogP contribution >= 0.6 is 11.8 Å². The standard InChI is InChI=1S/C22H23N2O2S/c1-3-24-11-10-16(18-6-4-5-7-19(18)24)14-22-23(2)20-9-8-17(26-13-12-25)15-21(20)27-22/h4-11,14-15,25H,3,12-13H2,1-2H3/q+1. The molecule has 1 aromatic heterocycles. The third kappa shape index (κ3) is 3.40. The van der Waals surface area contributed by atoms with Gasteiger partial charge in [0.2, 0.25) is 5.52 Å². The Kier molecular flexibility index (Phi) is 5.05. The van der Waals surface area contributed by atoms with E-state index in [0.29, 0.717) is 6.61 Å². The van der Waals surface area contributed by atoms with Gasteiger partial charge < -0.3 is 14.7 Å². The van der Waals surface area contributed by atoms with Crippen molar-refractivity contribution < 1.29 is 14.4 Å². The van der Waals surface area contributed by atoms with Crippen LogP contribution in [0, 0.1) is 0 Å². The maximum Gasteiger partial charge on any atom is 0.213 e. The zero-order valence-electron chi connectivity index (χ0n) is 15.6. The highest BCUT2D eigenvalue weighted by Gasteiger charge is 2.23. The molecule has 0 saturated carbocycles. The normalized spacial score (nSPS) is 14.8. The van der Waals surface area contributed by atoms with E-state index in [2.05, 4.69) is 72.1 Å². The molecule has 0 saturated heterocycles. The number of aliphatic hydroxyl groups excluding tert-OH is 1. The molecule has 0 radical (unpaired) electrons. The largest absolute Gasteiger partial charge is 0.491 e. The van der Waals surface area contributed by atoms with Crippen LogP contribution < -0.4 is 14.2 Å². The summed E-state index contributed by atoms with van der Waals surface area (Å²) >= 11 is 1.74. The maximum absolute atomic E-state index is 8.94. The predicted octanol–water partition coefficient (Wildman–Crippen LogP) is 4.06. The van der Waals surface area contributed by atoms with Crippen molar-refractivity contribution in [2.24, 2.45) is 0 Å². The number of pyridine rings is 1. The second-order valence-electron chi connectivity index (χ2n) is 6.42. The van der Waals surface area contributed by atoms with E-state index in [0.717, 1.165) is 12.3 Å². The number of nitrogens with zero attached hydrogens (tertiary/aromatic N) is 2. The summed E-state index contributed by atoms with van der Waals surface area (Å²) < 4.78 is 7.81. The molecule has 27 heavy (non-hydrogen) atoms. The zero-order chi connectivity index (χ0) is 18.8. The van der Waals surface area contributed by atoms with Crippen molar-refractivity contribution in [2.75, 3.05) is 25.2 Å². The molecule has 0 amide bonds. The lowest BCUT2D eigenvalue weighted by atomic mass is 10.1.